The van der Waals surface area contributed by atoms with Gasteiger partial charge in [0.2, 0.25) is 15.9 Å². The maximum absolute atomic E-state index is 13.4. The molecule has 0 spiro atoms. The van der Waals surface area contributed by atoms with Crippen LogP contribution in [0.5, 0.6) is 11.5 Å². The van der Waals surface area contributed by atoms with Gasteiger partial charge >= 0.3 is 0 Å². The number of benzene rings is 2. The lowest BCUT2D eigenvalue weighted by Crippen LogP contribution is -2.50. The highest BCUT2D eigenvalue weighted by molar-refractivity contribution is 7.92. The van der Waals surface area contributed by atoms with Crippen LogP contribution in [0, 0.1) is 6.92 Å². The number of halogens is 1. The van der Waals surface area contributed by atoms with E-state index in [4.69, 9.17) is 21.1 Å². The van der Waals surface area contributed by atoms with Crippen molar-refractivity contribution in [3.8, 4) is 11.5 Å². The SMILES string of the molecule is CC[C@H](C(=O)N[C@@H](C)c1cc(C(C)C)c(OC)cc1C)N(c1cc(Cl)ccc1OC)S(C)(=O)=O. The lowest BCUT2D eigenvalue weighted by Gasteiger charge is -2.32. The zero-order chi connectivity index (χ0) is 25.8. The largest absolute Gasteiger partial charge is 0.496 e. The van der Waals surface area contributed by atoms with E-state index < -0.39 is 22.0 Å². The smallest absolute Gasteiger partial charge is 0.244 e. The maximum Gasteiger partial charge on any atom is 0.244 e. The first-order valence-electron chi connectivity index (χ1n) is 11.2. The second-order valence-electron chi connectivity index (χ2n) is 8.63. The summed E-state index contributed by atoms with van der Waals surface area (Å²) in [6.45, 7) is 9.76. The van der Waals surface area contributed by atoms with E-state index in [2.05, 4.69) is 19.2 Å². The summed E-state index contributed by atoms with van der Waals surface area (Å²) in [6, 6.07) is 7.33. The Morgan fingerprint density at radius 2 is 1.68 bits per heavy atom. The van der Waals surface area contributed by atoms with Crippen LogP contribution in [-0.2, 0) is 14.8 Å². The Labute approximate surface area is 208 Å². The number of ether oxygens (including phenoxy) is 2. The number of nitrogens with zero attached hydrogens (tertiary/aromatic N) is 1. The second kappa shape index (κ2) is 11.3. The summed E-state index contributed by atoms with van der Waals surface area (Å²) < 4.78 is 37.7. The van der Waals surface area contributed by atoms with Crippen LogP contribution >= 0.6 is 11.6 Å². The van der Waals surface area contributed by atoms with Crippen LogP contribution in [0.4, 0.5) is 5.69 Å². The van der Waals surface area contributed by atoms with E-state index in [9.17, 15) is 13.2 Å². The Bertz CT molecular complexity index is 1130. The molecule has 0 bridgehead atoms. The fraction of sp³-hybridized carbons (Fsp3) is 0.480. The van der Waals surface area contributed by atoms with Gasteiger partial charge in [0, 0.05) is 5.02 Å². The molecule has 2 aromatic rings. The number of nitrogens with one attached hydrogen (secondary N) is 1. The van der Waals surface area contributed by atoms with Gasteiger partial charge in [-0.3, -0.25) is 9.10 Å². The number of hydrogen-bond acceptors (Lipinski definition) is 5. The van der Waals surface area contributed by atoms with Crippen LogP contribution < -0.4 is 19.1 Å². The number of aryl methyl sites for hydroxylation is 1. The summed E-state index contributed by atoms with van der Waals surface area (Å²) in [5, 5.41) is 3.34. The molecule has 0 radical (unpaired) electrons. The zero-order valence-electron chi connectivity index (χ0n) is 21.1. The predicted octanol–water partition coefficient (Wildman–Crippen LogP) is 5.21. The fourth-order valence-corrected chi connectivity index (χ4v) is 5.44. The van der Waals surface area contributed by atoms with Crippen molar-refractivity contribution in [2.24, 2.45) is 0 Å². The number of amides is 1. The third-order valence-electron chi connectivity index (χ3n) is 5.77. The highest BCUT2D eigenvalue weighted by atomic mass is 35.5. The first-order valence-corrected chi connectivity index (χ1v) is 13.4. The van der Waals surface area contributed by atoms with Gasteiger partial charge in [0.1, 0.15) is 17.5 Å². The molecule has 0 saturated carbocycles. The van der Waals surface area contributed by atoms with Crippen molar-refractivity contribution in [2.75, 3.05) is 24.8 Å². The molecular weight excluding hydrogens is 476 g/mol. The number of sulfonamides is 1. The van der Waals surface area contributed by atoms with Gasteiger partial charge in [0.25, 0.3) is 0 Å². The molecule has 188 valence electrons. The second-order valence-corrected chi connectivity index (χ2v) is 10.9. The van der Waals surface area contributed by atoms with Crippen LogP contribution in [0.15, 0.2) is 30.3 Å². The molecule has 0 aliphatic carbocycles. The van der Waals surface area contributed by atoms with E-state index in [-0.39, 0.29) is 24.1 Å². The van der Waals surface area contributed by atoms with Crippen LogP contribution in [0.1, 0.15) is 62.8 Å². The van der Waals surface area contributed by atoms with Gasteiger partial charge in [0.15, 0.2) is 0 Å². The van der Waals surface area contributed by atoms with Crippen molar-refractivity contribution < 1.29 is 22.7 Å². The van der Waals surface area contributed by atoms with E-state index in [0.29, 0.717) is 10.8 Å². The minimum absolute atomic E-state index is 0.217. The van der Waals surface area contributed by atoms with Crippen molar-refractivity contribution in [3.63, 3.8) is 0 Å². The predicted molar refractivity (Wildman–Crippen MR) is 138 cm³/mol. The zero-order valence-corrected chi connectivity index (χ0v) is 22.7. The molecular formula is C25H35ClN2O5S. The molecule has 7 nitrogen and oxygen atoms in total. The molecule has 1 N–H and O–H groups in total. The molecule has 9 heteroatoms. The molecule has 1 amide bonds. The van der Waals surface area contributed by atoms with E-state index in [1.807, 2.05) is 26.0 Å². The van der Waals surface area contributed by atoms with Gasteiger partial charge in [-0.1, -0.05) is 32.4 Å². The highest BCUT2D eigenvalue weighted by Gasteiger charge is 2.34. The molecule has 0 heterocycles. The minimum Gasteiger partial charge on any atom is -0.496 e. The Balaban J connectivity index is 2.47. The number of carbonyl (C=O) groups is 1. The molecule has 2 aromatic carbocycles. The maximum atomic E-state index is 13.4. The number of methoxy groups -OCH3 is 2. The third kappa shape index (κ3) is 6.16. The fourth-order valence-electron chi connectivity index (χ4n) is 4.07. The van der Waals surface area contributed by atoms with E-state index in [1.54, 1.807) is 26.2 Å². The molecule has 34 heavy (non-hydrogen) atoms. The van der Waals surface area contributed by atoms with Crippen molar-refractivity contribution in [1.29, 1.82) is 0 Å². The summed E-state index contributed by atoms with van der Waals surface area (Å²) in [5.41, 5.74) is 3.17. The number of hydrogen-bond donors (Lipinski definition) is 1. The van der Waals surface area contributed by atoms with Crippen molar-refractivity contribution in [1.82, 2.24) is 5.32 Å². The van der Waals surface area contributed by atoms with Gasteiger partial charge in [-0.25, -0.2) is 8.42 Å². The summed E-state index contributed by atoms with van der Waals surface area (Å²) >= 11 is 6.15. The van der Waals surface area contributed by atoms with Crippen molar-refractivity contribution >= 4 is 33.2 Å². The first kappa shape index (κ1) is 27.8. The third-order valence-corrected chi connectivity index (χ3v) is 7.17. The Kier molecular flexibility index (Phi) is 9.25. The monoisotopic (exact) mass is 510 g/mol. The first-order chi connectivity index (χ1) is 15.8. The summed E-state index contributed by atoms with van der Waals surface area (Å²) in [7, 11) is -0.762. The van der Waals surface area contributed by atoms with Crippen molar-refractivity contribution in [2.45, 2.75) is 59.0 Å². The average Bonchev–Trinajstić information content (AvgIpc) is 2.75. The molecule has 2 atom stereocenters. The topological polar surface area (TPSA) is 84.9 Å². The van der Waals surface area contributed by atoms with Crippen LogP contribution in [0.2, 0.25) is 5.02 Å². The number of carbonyl (C=O) groups excluding carboxylic acids is 1. The molecule has 0 saturated heterocycles. The summed E-state index contributed by atoms with van der Waals surface area (Å²) in [6.07, 6.45) is 1.31. The van der Waals surface area contributed by atoms with Gasteiger partial charge in [-0.05, 0) is 73.2 Å². The summed E-state index contributed by atoms with van der Waals surface area (Å²) in [4.78, 5) is 13.4. The van der Waals surface area contributed by atoms with Gasteiger partial charge < -0.3 is 14.8 Å². The highest BCUT2D eigenvalue weighted by Crippen LogP contribution is 2.36. The van der Waals surface area contributed by atoms with Crippen molar-refractivity contribution in [3.05, 3.63) is 52.0 Å². The standard InChI is InChI=1S/C25H35ClN2O5S/c1-9-21(28(34(8,30)31)22-13-18(26)10-11-23(22)32-6)25(29)27-17(5)20-14-19(15(2)3)24(33-7)12-16(20)4/h10-15,17,21H,9H2,1-8H3,(H,27,29)/t17-,21+/m0/s1. The van der Waals surface area contributed by atoms with E-state index >= 15 is 0 Å². The lowest BCUT2D eigenvalue weighted by atomic mass is 9.93. The van der Waals surface area contributed by atoms with Crippen LogP contribution in [0.3, 0.4) is 0 Å². The normalized spacial score (nSPS) is 13.4. The van der Waals surface area contributed by atoms with Gasteiger partial charge in [-0.2, -0.15) is 0 Å². The molecule has 0 aliphatic rings. The van der Waals surface area contributed by atoms with Gasteiger partial charge in [-0.15, -0.1) is 0 Å². The Hall–Kier alpha value is -2.45. The quantitative estimate of drug-likeness (QED) is 0.474. The minimum atomic E-state index is -3.84. The Morgan fingerprint density at radius 3 is 2.18 bits per heavy atom. The van der Waals surface area contributed by atoms with E-state index in [0.717, 1.165) is 33.0 Å². The Morgan fingerprint density at radius 1 is 1.06 bits per heavy atom. The van der Waals surface area contributed by atoms with E-state index in [1.165, 1.54) is 13.2 Å². The molecule has 2 rings (SSSR count). The average molecular weight is 511 g/mol. The molecule has 0 unspecified atom stereocenters. The van der Waals surface area contributed by atoms with Crippen LogP contribution in [-0.4, -0.2) is 40.8 Å². The molecule has 0 fully saturated rings. The summed E-state index contributed by atoms with van der Waals surface area (Å²) in [5.74, 6) is 0.930. The lowest BCUT2D eigenvalue weighted by molar-refractivity contribution is -0.122. The van der Waals surface area contributed by atoms with Crippen LogP contribution in [0.25, 0.3) is 0 Å². The van der Waals surface area contributed by atoms with Gasteiger partial charge in [0.05, 0.1) is 32.2 Å². The number of anilines is 1. The molecule has 0 aromatic heterocycles. The number of rotatable bonds is 10. The molecule has 0 aliphatic heterocycles.